The third-order valence-corrected chi connectivity index (χ3v) is 11.3. The predicted molar refractivity (Wildman–Crippen MR) is 125 cm³/mol. The zero-order valence-electron chi connectivity index (χ0n) is 19.0. The zero-order chi connectivity index (χ0) is 21.8. The van der Waals surface area contributed by atoms with Crippen LogP contribution in [0.5, 0.6) is 0 Å². The Morgan fingerprint density at radius 2 is 1.72 bits per heavy atom. The van der Waals surface area contributed by atoms with Gasteiger partial charge in [0, 0.05) is 18.3 Å². The largest absolute Gasteiger partial charge is 0.468 e. The summed E-state index contributed by atoms with van der Waals surface area (Å²) < 4.78 is 5.06. The smallest absolute Gasteiger partial charge is 0.320 e. The number of ketones is 1. The molecule has 156 valence electrons. The quantitative estimate of drug-likeness (QED) is 0.320. The highest BCUT2D eigenvalue weighted by molar-refractivity contribution is 6.98. The second kappa shape index (κ2) is 6.95. The van der Waals surface area contributed by atoms with Crippen molar-refractivity contribution in [2.45, 2.75) is 76.8 Å². The first-order valence-corrected chi connectivity index (χ1v) is 17.5. The Morgan fingerprint density at radius 1 is 1.14 bits per heavy atom. The average molecular weight is 427 g/mol. The first-order chi connectivity index (χ1) is 13.3. The van der Waals surface area contributed by atoms with E-state index in [4.69, 9.17) is 11.2 Å². The normalized spacial score (nSPS) is 26.5. The van der Waals surface area contributed by atoms with Crippen molar-refractivity contribution in [2.75, 3.05) is 7.11 Å². The molecule has 2 aliphatic rings. The number of benzene rings is 1. The Kier molecular flexibility index (Phi) is 5.29. The monoisotopic (exact) mass is 426 g/mol. The van der Waals surface area contributed by atoms with Gasteiger partial charge in [-0.2, -0.15) is 0 Å². The van der Waals surface area contributed by atoms with E-state index in [9.17, 15) is 9.59 Å². The Hall–Kier alpha value is -1.65. The van der Waals surface area contributed by atoms with Crippen LogP contribution in [0.25, 0.3) is 0 Å². The number of carbonyl (C=O) groups excluding carboxylic acids is 2. The van der Waals surface area contributed by atoms with Gasteiger partial charge in [-0.25, -0.2) is 0 Å². The number of rotatable bonds is 4. The van der Waals surface area contributed by atoms with Gasteiger partial charge in [-0.15, -0.1) is 12.3 Å². The van der Waals surface area contributed by atoms with E-state index in [0.717, 1.165) is 12.8 Å². The van der Waals surface area contributed by atoms with Gasteiger partial charge in [0.15, 0.2) is 5.78 Å². The molecule has 3 nitrogen and oxygen atoms in total. The van der Waals surface area contributed by atoms with Crippen LogP contribution < -0.4 is 10.4 Å². The van der Waals surface area contributed by atoms with Gasteiger partial charge in [-0.05, 0) is 30.4 Å². The van der Waals surface area contributed by atoms with Gasteiger partial charge in [0.2, 0.25) is 0 Å². The molecule has 0 heterocycles. The number of hydrogen-bond acceptors (Lipinski definition) is 3. The number of carbonyl (C=O) groups is 2. The highest BCUT2D eigenvalue weighted by atomic mass is 28.3. The lowest BCUT2D eigenvalue weighted by atomic mass is 9.50. The van der Waals surface area contributed by atoms with Crippen LogP contribution in [0.4, 0.5) is 0 Å². The van der Waals surface area contributed by atoms with Crippen LogP contribution in [-0.4, -0.2) is 35.0 Å². The summed E-state index contributed by atoms with van der Waals surface area (Å²) in [4.78, 5) is 25.6. The van der Waals surface area contributed by atoms with E-state index in [2.05, 4.69) is 57.3 Å². The van der Waals surface area contributed by atoms with Crippen molar-refractivity contribution < 1.29 is 14.3 Å². The minimum Gasteiger partial charge on any atom is -0.468 e. The Balaban J connectivity index is 2.13. The summed E-state index contributed by atoms with van der Waals surface area (Å²) in [5.74, 6) is 2.08. The molecule has 0 aliphatic heterocycles. The van der Waals surface area contributed by atoms with Gasteiger partial charge >= 0.3 is 5.97 Å². The molecule has 2 atom stereocenters. The summed E-state index contributed by atoms with van der Waals surface area (Å²) in [6.07, 6.45) is 8.34. The first-order valence-electron chi connectivity index (χ1n) is 10.5. The number of ether oxygens (including phenoxy) is 1. The second-order valence-electron chi connectivity index (χ2n) is 11.1. The first kappa shape index (κ1) is 22.0. The van der Waals surface area contributed by atoms with Gasteiger partial charge in [-0.3, -0.25) is 9.59 Å². The number of methoxy groups -OCH3 is 1. The fourth-order valence-corrected chi connectivity index (χ4v) is 10.6. The fraction of sp³-hybridized carbons (Fsp3) is 0.583. The van der Waals surface area contributed by atoms with E-state index in [1.165, 1.54) is 18.2 Å². The number of esters is 1. The maximum atomic E-state index is 12.9. The topological polar surface area (TPSA) is 43.4 Å². The molecule has 1 aromatic carbocycles. The molecule has 1 fully saturated rings. The number of terminal acetylenes is 1. The summed E-state index contributed by atoms with van der Waals surface area (Å²) in [7, 11) is -1.65. The lowest BCUT2D eigenvalue weighted by Crippen LogP contribution is -2.60. The van der Waals surface area contributed by atoms with Crippen molar-refractivity contribution in [2.24, 2.45) is 5.41 Å². The zero-order valence-corrected chi connectivity index (χ0v) is 21.0. The number of fused-ring (bicyclic) bond motifs is 2. The molecular weight excluding hydrogens is 392 g/mol. The van der Waals surface area contributed by atoms with E-state index < -0.39 is 27.5 Å². The molecule has 3 rings (SSSR count). The molecule has 2 unspecified atom stereocenters. The van der Waals surface area contributed by atoms with Gasteiger partial charge in [0.05, 0.1) is 23.3 Å². The fourth-order valence-electron chi connectivity index (χ4n) is 5.40. The molecule has 2 aliphatic carbocycles. The van der Waals surface area contributed by atoms with Crippen molar-refractivity contribution in [1.29, 1.82) is 0 Å². The maximum Gasteiger partial charge on any atom is 0.320 e. The minimum atomic E-state index is -1.54. The minimum absolute atomic E-state index is 0.0505. The summed E-state index contributed by atoms with van der Waals surface area (Å²) in [5, 5.41) is 3.13. The molecular formula is C24H34O3Si2. The Bertz CT molecular complexity index is 904. The molecule has 0 saturated heterocycles. The van der Waals surface area contributed by atoms with Crippen LogP contribution in [-0.2, 0) is 26.2 Å². The summed E-state index contributed by atoms with van der Waals surface area (Å²) in [6, 6.07) is 4.91. The van der Waals surface area contributed by atoms with E-state index in [0.29, 0.717) is 12.8 Å². The molecule has 1 spiro atoms. The highest BCUT2D eigenvalue weighted by Crippen LogP contribution is 2.55. The van der Waals surface area contributed by atoms with Gasteiger partial charge < -0.3 is 4.74 Å². The van der Waals surface area contributed by atoms with Crippen LogP contribution in [0.2, 0.25) is 39.3 Å². The SMILES string of the molecule is C#CCC1(C(=O)OC)CC2(CCC1=O)Cc1cc([Si](C)(C)C)c([Si](C)(C)C)cc12. The maximum absolute atomic E-state index is 12.9. The third kappa shape index (κ3) is 3.45. The number of hydrogen-bond donors (Lipinski definition) is 0. The second-order valence-corrected chi connectivity index (χ2v) is 21.1. The van der Waals surface area contributed by atoms with E-state index in [1.54, 1.807) is 10.4 Å². The van der Waals surface area contributed by atoms with E-state index in [1.807, 2.05) is 0 Å². The van der Waals surface area contributed by atoms with E-state index in [-0.39, 0.29) is 17.6 Å². The molecule has 0 bridgehead atoms. The van der Waals surface area contributed by atoms with Crippen LogP contribution in [0.3, 0.4) is 0 Å². The van der Waals surface area contributed by atoms with Gasteiger partial charge in [-0.1, -0.05) is 61.8 Å². The van der Waals surface area contributed by atoms with Gasteiger partial charge in [0.25, 0.3) is 0 Å². The van der Waals surface area contributed by atoms with Gasteiger partial charge in [0.1, 0.15) is 5.41 Å². The molecule has 0 aromatic heterocycles. The van der Waals surface area contributed by atoms with Crippen molar-refractivity contribution in [3.63, 3.8) is 0 Å². The van der Waals surface area contributed by atoms with Crippen molar-refractivity contribution in [3.8, 4) is 12.3 Å². The third-order valence-electron chi connectivity index (χ3n) is 6.94. The van der Waals surface area contributed by atoms with Crippen LogP contribution >= 0.6 is 0 Å². The van der Waals surface area contributed by atoms with Crippen molar-refractivity contribution in [1.82, 2.24) is 0 Å². The van der Waals surface area contributed by atoms with Crippen molar-refractivity contribution in [3.05, 3.63) is 23.3 Å². The predicted octanol–water partition coefficient (Wildman–Crippen LogP) is 3.51. The summed E-state index contributed by atoms with van der Waals surface area (Å²) in [6.45, 7) is 14.5. The molecule has 0 N–H and O–H groups in total. The van der Waals surface area contributed by atoms with Crippen molar-refractivity contribution >= 4 is 38.3 Å². The lowest BCUT2D eigenvalue weighted by Gasteiger charge is -2.52. The lowest BCUT2D eigenvalue weighted by molar-refractivity contribution is -0.162. The summed E-state index contributed by atoms with van der Waals surface area (Å²) in [5.41, 5.74) is 1.45. The standard InChI is InChI=1S/C24H34O3Si2/c1-9-11-24(22(26)27-2)16-23(12-10-21(24)25)15-17-13-19(28(3,4)5)20(14-18(17)23)29(6,7)8/h1,13-14H,10-12,15-16H2,2-8H3. The van der Waals surface area contributed by atoms with Crippen LogP contribution in [0.1, 0.15) is 36.8 Å². The molecule has 1 saturated carbocycles. The molecule has 1 aromatic rings. The molecule has 0 amide bonds. The van der Waals surface area contributed by atoms with E-state index >= 15 is 0 Å². The molecule has 29 heavy (non-hydrogen) atoms. The van der Waals surface area contributed by atoms with Crippen LogP contribution in [0, 0.1) is 17.8 Å². The van der Waals surface area contributed by atoms with Crippen LogP contribution in [0.15, 0.2) is 12.1 Å². The highest BCUT2D eigenvalue weighted by Gasteiger charge is 2.58. The molecule has 0 radical (unpaired) electrons. The average Bonchev–Trinajstić information content (AvgIpc) is 2.60. The number of Topliss-reactive ketones (excluding diaryl/α,β-unsaturated/α-hetero) is 1. The Morgan fingerprint density at radius 3 is 2.24 bits per heavy atom. The Labute approximate surface area is 177 Å². The molecule has 5 heteroatoms. The summed E-state index contributed by atoms with van der Waals surface area (Å²) >= 11 is 0.